The third kappa shape index (κ3) is 3.41. The first kappa shape index (κ1) is 16.9. The van der Waals surface area contributed by atoms with Crippen LogP contribution in [-0.2, 0) is 4.79 Å². The average Bonchev–Trinajstić information content (AvgIpc) is 3.14. The fourth-order valence-electron chi connectivity index (χ4n) is 4.02. The second-order valence-electron chi connectivity index (χ2n) is 7.26. The van der Waals surface area contributed by atoms with Crippen molar-refractivity contribution < 1.29 is 9.32 Å². The van der Waals surface area contributed by atoms with E-state index < -0.39 is 0 Å². The van der Waals surface area contributed by atoms with Gasteiger partial charge < -0.3 is 9.42 Å². The molecule has 1 amide bonds. The molecule has 0 bridgehead atoms. The van der Waals surface area contributed by atoms with Gasteiger partial charge in [-0.3, -0.25) is 4.79 Å². The molecule has 2 aromatic rings. The van der Waals surface area contributed by atoms with Gasteiger partial charge in [0.2, 0.25) is 5.91 Å². The van der Waals surface area contributed by atoms with E-state index in [2.05, 4.69) is 27.3 Å². The number of piperidine rings is 1. The summed E-state index contributed by atoms with van der Waals surface area (Å²) in [4.78, 5) is 23.7. The van der Waals surface area contributed by atoms with Crippen molar-refractivity contribution in [1.29, 1.82) is 0 Å². The number of hydrogen-bond acceptors (Lipinski definition) is 5. The Morgan fingerprint density at radius 2 is 2.23 bits per heavy atom. The lowest BCUT2D eigenvalue weighted by atomic mass is 9.88. The predicted octanol–water partition coefficient (Wildman–Crippen LogP) is 3.50. The van der Waals surface area contributed by atoms with E-state index >= 15 is 0 Å². The van der Waals surface area contributed by atoms with Crippen molar-refractivity contribution >= 4 is 5.91 Å². The summed E-state index contributed by atoms with van der Waals surface area (Å²) in [5.41, 5.74) is 2.67. The minimum Gasteiger partial charge on any atom is -0.356 e. The smallest absolute Gasteiger partial charge is 0.226 e. The molecule has 0 unspecified atom stereocenters. The lowest BCUT2D eigenvalue weighted by Gasteiger charge is -2.35. The highest BCUT2D eigenvalue weighted by Crippen LogP contribution is 2.34. The van der Waals surface area contributed by atoms with Crippen molar-refractivity contribution in [2.45, 2.75) is 44.9 Å². The van der Waals surface area contributed by atoms with Crippen LogP contribution in [0.1, 0.15) is 49.4 Å². The predicted molar refractivity (Wildman–Crippen MR) is 97.3 cm³/mol. The first-order valence-corrected chi connectivity index (χ1v) is 9.39. The maximum atomic E-state index is 12.9. The van der Waals surface area contributed by atoms with Gasteiger partial charge in [-0.2, -0.15) is 0 Å². The van der Waals surface area contributed by atoms with Gasteiger partial charge in [0.05, 0.1) is 17.0 Å². The Hall–Kier alpha value is -2.50. The number of likely N-dealkylation sites (tertiary alicyclic amines) is 1. The molecule has 3 heterocycles. The third-order valence-corrected chi connectivity index (χ3v) is 5.37. The lowest BCUT2D eigenvalue weighted by Crippen LogP contribution is -2.42. The van der Waals surface area contributed by atoms with Crippen LogP contribution in [0.3, 0.4) is 0 Å². The van der Waals surface area contributed by atoms with Crippen LogP contribution in [0.2, 0.25) is 0 Å². The zero-order chi connectivity index (χ0) is 17.9. The lowest BCUT2D eigenvalue weighted by molar-refractivity contribution is -0.137. The molecule has 2 aliphatic rings. The second kappa shape index (κ2) is 7.40. The van der Waals surface area contributed by atoms with Gasteiger partial charge in [0.25, 0.3) is 0 Å². The number of amides is 1. The molecule has 6 heteroatoms. The topological polar surface area (TPSA) is 72.1 Å². The summed E-state index contributed by atoms with van der Waals surface area (Å²) in [6, 6.07) is 1.91. The van der Waals surface area contributed by atoms with Crippen molar-refractivity contribution in [3.63, 3.8) is 0 Å². The molecular weight excluding hydrogens is 328 g/mol. The standard InChI is InChI=1S/C20H24N4O2/c1-14-10-18(26-23-14)17-11-21-13-22-19(17)16-8-5-9-24(12-16)20(25)15-6-3-2-4-7-15/h2-3,10-11,13,15-16H,4-9,12H2,1H3/t15-,16+/m1/s1. The van der Waals surface area contributed by atoms with Gasteiger partial charge in [0, 0.05) is 37.2 Å². The van der Waals surface area contributed by atoms with Crippen LogP contribution in [-0.4, -0.2) is 39.0 Å². The number of allylic oxidation sites excluding steroid dienone is 2. The first-order valence-electron chi connectivity index (χ1n) is 9.39. The Morgan fingerprint density at radius 1 is 1.31 bits per heavy atom. The fourth-order valence-corrected chi connectivity index (χ4v) is 4.02. The molecule has 1 fully saturated rings. The van der Waals surface area contributed by atoms with Crippen LogP contribution < -0.4 is 0 Å². The van der Waals surface area contributed by atoms with Crippen LogP contribution in [0.4, 0.5) is 0 Å². The molecule has 1 aliphatic carbocycles. The summed E-state index contributed by atoms with van der Waals surface area (Å²) >= 11 is 0. The zero-order valence-corrected chi connectivity index (χ0v) is 15.1. The first-order chi connectivity index (χ1) is 12.7. The summed E-state index contributed by atoms with van der Waals surface area (Å²) in [5.74, 6) is 1.33. The van der Waals surface area contributed by atoms with E-state index in [1.807, 2.05) is 17.9 Å². The summed E-state index contributed by atoms with van der Waals surface area (Å²) in [6.07, 6.45) is 12.5. The van der Waals surface area contributed by atoms with E-state index in [9.17, 15) is 4.79 Å². The Kier molecular flexibility index (Phi) is 4.82. The van der Waals surface area contributed by atoms with Crippen LogP contribution >= 0.6 is 0 Å². The monoisotopic (exact) mass is 352 g/mol. The van der Waals surface area contributed by atoms with Crippen molar-refractivity contribution in [3.8, 4) is 11.3 Å². The summed E-state index contributed by atoms with van der Waals surface area (Å²) in [7, 11) is 0. The van der Waals surface area contributed by atoms with Crippen molar-refractivity contribution in [3.05, 3.63) is 42.1 Å². The molecule has 136 valence electrons. The number of aromatic nitrogens is 3. The number of rotatable bonds is 3. The minimum absolute atomic E-state index is 0.139. The molecule has 2 aromatic heterocycles. The molecule has 2 atom stereocenters. The van der Waals surface area contributed by atoms with E-state index in [-0.39, 0.29) is 11.8 Å². The Balaban J connectivity index is 1.55. The normalized spacial score (nSPS) is 23.2. The maximum Gasteiger partial charge on any atom is 0.226 e. The van der Waals surface area contributed by atoms with Gasteiger partial charge >= 0.3 is 0 Å². The molecule has 0 radical (unpaired) electrons. The van der Waals surface area contributed by atoms with Gasteiger partial charge in [0.15, 0.2) is 5.76 Å². The van der Waals surface area contributed by atoms with Gasteiger partial charge in [0.1, 0.15) is 6.33 Å². The van der Waals surface area contributed by atoms with Crippen LogP contribution in [0.25, 0.3) is 11.3 Å². The van der Waals surface area contributed by atoms with Gasteiger partial charge in [-0.1, -0.05) is 17.3 Å². The highest BCUT2D eigenvalue weighted by atomic mass is 16.5. The van der Waals surface area contributed by atoms with E-state index in [4.69, 9.17) is 4.52 Å². The number of carbonyl (C=O) groups is 1. The van der Waals surface area contributed by atoms with E-state index in [1.165, 1.54) is 0 Å². The van der Waals surface area contributed by atoms with Gasteiger partial charge in [-0.25, -0.2) is 9.97 Å². The maximum absolute atomic E-state index is 12.9. The van der Waals surface area contributed by atoms with Crippen molar-refractivity contribution in [1.82, 2.24) is 20.0 Å². The Morgan fingerprint density at radius 3 is 3.00 bits per heavy atom. The Bertz CT molecular complexity index is 814. The van der Waals surface area contributed by atoms with Crippen LogP contribution in [0.15, 0.2) is 35.3 Å². The fraction of sp³-hybridized carbons (Fsp3) is 0.500. The molecule has 0 saturated carbocycles. The zero-order valence-electron chi connectivity index (χ0n) is 15.1. The summed E-state index contributed by atoms with van der Waals surface area (Å²) in [6.45, 7) is 3.46. The van der Waals surface area contributed by atoms with Crippen molar-refractivity contribution in [2.24, 2.45) is 5.92 Å². The summed E-state index contributed by atoms with van der Waals surface area (Å²) < 4.78 is 5.43. The van der Waals surface area contributed by atoms with Crippen molar-refractivity contribution in [2.75, 3.05) is 13.1 Å². The molecule has 0 N–H and O–H groups in total. The number of nitrogens with zero attached hydrogens (tertiary/aromatic N) is 4. The average molecular weight is 352 g/mol. The SMILES string of the molecule is Cc1cc(-c2cncnc2[C@H]2CCCN(C(=O)[C@@H]3CC=CCC3)C2)on1. The molecule has 1 saturated heterocycles. The molecule has 26 heavy (non-hydrogen) atoms. The molecule has 0 aromatic carbocycles. The highest BCUT2D eigenvalue weighted by molar-refractivity contribution is 5.79. The van der Waals surface area contributed by atoms with Crippen LogP contribution in [0, 0.1) is 12.8 Å². The quantitative estimate of drug-likeness (QED) is 0.791. The molecule has 1 aliphatic heterocycles. The molecule has 0 spiro atoms. The Labute approximate surface area is 153 Å². The second-order valence-corrected chi connectivity index (χ2v) is 7.26. The largest absolute Gasteiger partial charge is 0.356 e. The third-order valence-electron chi connectivity index (χ3n) is 5.37. The molecular formula is C20H24N4O2. The van der Waals surface area contributed by atoms with E-state index in [0.29, 0.717) is 11.7 Å². The minimum atomic E-state index is 0.139. The van der Waals surface area contributed by atoms with Gasteiger partial charge in [-0.15, -0.1) is 0 Å². The number of aryl methyl sites for hydroxylation is 1. The van der Waals surface area contributed by atoms with Gasteiger partial charge in [-0.05, 0) is 39.0 Å². The highest BCUT2D eigenvalue weighted by Gasteiger charge is 2.31. The van der Waals surface area contributed by atoms with E-state index in [1.54, 1.807) is 12.5 Å². The van der Waals surface area contributed by atoms with Crippen LogP contribution in [0.5, 0.6) is 0 Å². The molecule has 6 nitrogen and oxygen atoms in total. The number of hydrogen-bond donors (Lipinski definition) is 0. The molecule has 4 rings (SSSR count). The number of carbonyl (C=O) groups excluding carboxylic acids is 1. The van der Waals surface area contributed by atoms with E-state index in [0.717, 1.165) is 62.1 Å². The summed E-state index contributed by atoms with van der Waals surface area (Å²) in [5, 5.41) is 3.98.